The smallest absolute Gasteiger partial charge is 0.123 e. The molecule has 9 aliphatic rings. The fourth-order valence-corrected chi connectivity index (χ4v) is 10.5. The van der Waals surface area contributed by atoms with Gasteiger partial charge in [0.25, 0.3) is 0 Å². The lowest BCUT2D eigenvalue weighted by atomic mass is 9.40. The molecular weight excluding hydrogens is 286 g/mol. The third kappa shape index (κ3) is 0.910. The zero-order valence-corrected chi connectivity index (χ0v) is 14.0. The van der Waals surface area contributed by atoms with Gasteiger partial charge in [-0.15, -0.1) is 0 Å². The number of hydrogen-bond acceptors (Lipinski definition) is 3. The van der Waals surface area contributed by atoms with Crippen molar-refractivity contribution in [3.63, 3.8) is 0 Å². The number of fused-ring (bicyclic) bond motifs is 1. The SMILES string of the molecule is C=C1CC23C[C@]4(O)[C@H]5C67CCC[C@@]5(C)CN4C6[C@H]2C(O)[C@H]1C[C@H]37. The summed E-state index contributed by atoms with van der Waals surface area (Å²) < 4.78 is 0. The minimum Gasteiger partial charge on any atom is -0.392 e. The molecule has 0 amide bonds. The molecule has 6 aliphatic carbocycles. The topological polar surface area (TPSA) is 43.7 Å². The molecule has 3 heteroatoms. The summed E-state index contributed by atoms with van der Waals surface area (Å²) in [7, 11) is 0. The lowest BCUT2D eigenvalue weighted by molar-refractivity contribution is -0.240. The Bertz CT molecular complexity index is 691. The predicted molar refractivity (Wildman–Crippen MR) is 85.2 cm³/mol. The van der Waals surface area contributed by atoms with Gasteiger partial charge in [0, 0.05) is 30.3 Å². The van der Waals surface area contributed by atoms with Crippen LogP contribution in [0.2, 0.25) is 0 Å². The van der Waals surface area contributed by atoms with Crippen LogP contribution in [-0.4, -0.2) is 39.5 Å². The van der Waals surface area contributed by atoms with E-state index in [4.69, 9.17) is 0 Å². The van der Waals surface area contributed by atoms with Crippen LogP contribution >= 0.6 is 0 Å². The maximum absolute atomic E-state index is 11.8. The number of aliphatic hydroxyl groups is 2. The van der Waals surface area contributed by atoms with Crippen molar-refractivity contribution in [2.75, 3.05) is 6.54 Å². The normalized spacial score (nSPS) is 75.6. The molecule has 0 aromatic carbocycles. The fraction of sp³-hybridized carbons (Fsp3) is 0.900. The van der Waals surface area contributed by atoms with Gasteiger partial charge in [-0.25, -0.2) is 0 Å². The van der Waals surface area contributed by atoms with E-state index in [1.165, 1.54) is 24.8 Å². The first kappa shape index (κ1) is 12.9. The molecule has 6 saturated carbocycles. The summed E-state index contributed by atoms with van der Waals surface area (Å²) in [5.74, 6) is 1.94. The summed E-state index contributed by atoms with van der Waals surface area (Å²) in [5, 5.41) is 23.0. The van der Waals surface area contributed by atoms with Crippen LogP contribution in [0, 0.1) is 39.9 Å². The molecule has 124 valence electrons. The van der Waals surface area contributed by atoms with Gasteiger partial charge in [-0.05, 0) is 54.3 Å². The van der Waals surface area contributed by atoms with Gasteiger partial charge in [0.05, 0.1) is 6.10 Å². The molecule has 9 fully saturated rings. The molecule has 0 aromatic rings. The van der Waals surface area contributed by atoms with E-state index in [-0.39, 0.29) is 11.5 Å². The molecular formula is C20H27NO2. The third-order valence-corrected chi connectivity index (χ3v) is 10.3. The zero-order valence-electron chi connectivity index (χ0n) is 14.0. The highest BCUT2D eigenvalue weighted by atomic mass is 16.3. The Morgan fingerprint density at radius 3 is 2.96 bits per heavy atom. The van der Waals surface area contributed by atoms with Crippen molar-refractivity contribution in [3.8, 4) is 0 Å². The van der Waals surface area contributed by atoms with Crippen molar-refractivity contribution in [2.24, 2.45) is 39.9 Å². The number of piperidine rings is 2. The van der Waals surface area contributed by atoms with Gasteiger partial charge >= 0.3 is 0 Å². The van der Waals surface area contributed by atoms with Gasteiger partial charge in [0.15, 0.2) is 0 Å². The molecule has 3 aliphatic heterocycles. The Morgan fingerprint density at radius 1 is 1.30 bits per heavy atom. The molecule has 0 radical (unpaired) electrons. The molecule has 11 atom stereocenters. The van der Waals surface area contributed by atoms with Crippen LogP contribution in [-0.2, 0) is 0 Å². The quantitative estimate of drug-likeness (QED) is 0.674. The van der Waals surface area contributed by atoms with Crippen LogP contribution in [0.25, 0.3) is 0 Å². The van der Waals surface area contributed by atoms with Gasteiger partial charge in [0.2, 0.25) is 0 Å². The second-order valence-corrected chi connectivity index (χ2v) is 10.7. The molecule has 5 unspecified atom stereocenters. The first-order valence-electron chi connectivity index (χ1n) is 9.73. The maximum Gasteiger partial charge on any atom is 0.123 e. The lowest BCUT2D eigenvalue weighted by Gasteiger charge is -2.65. The molecule has 3 nitrogen and oxygen atoms in total. The van der Waals surface area contributed by atoms with Crippen molar-refractivity contribution >= 4 is 0 Å². The molecule has 0 aromatic heterocycles. The van der Waals surface area contributed by atoms with Crippen LogP contribution in [0.15, 0.2) is 12.2 Å². The van der Waals surface area contributed by atoms with E-state index in [1.807, 2.05) is 0 Å². The Balaban J connectivity index is 1.55. The largest absolute Gasteiger partial charge is 0.392 e. The Labute approximate surface area is 137 Å². The highest BCUT2D eigenvalue weighted by Crippen LogP contribution is 2.89. The highest BCUT2D eigenvalue weighted by molar-refractivity contribution is 5.42. The average Bonchev–Trinajstić information content (AvgIpc) is 2.82. The van der Waals surface area contributed by atoms with E-state index in [1.54, 1.807) is 0 Å². The van der Waals surface area contributed by atoms with Gasteiger partial charge in [-0.1, -0.05) is 25.5 Å². The molecule has 2 spiro atoms. The van der Waals surface area contributed by atoms with Crippen molar-refractivity contribution < 1.29 is 10.2 Å². The van der Waals surface area contributed by atoms with E-state index >= 15 is 0 Å². The van der Waals surface area contributed by atoms with Crippen LogP contribution < -0.4 is 0 Å². The highest BCUT2D eigenvalue weighted by Gasteiger charge is 2.91. The van der Waals surface area contributed by atoms with E-state index in [2.05, 4.69) is 18.4 Å². The van der Waals surface area contributed by atoms with Crippen LogP contribution in [0.3, 0.4) is 0 Å². The molecule has 23 heavy (non-hydrogen) atoms. The summed E-state index contributed by atoms with van der Waals surface area (Å²) in [6, 6.07) is 0.456. The summed E-state index contributed by atoms with van der Waals surface area (Å²) in [5.41, 5.74) is 1.49. The van der Waals surface area contributed by atoms with Crippen molar-refractivity contribution in [2.45, 2.75) is 63.3 Å². The first-order chi connectivity index (χ1) is 10.9. The maximum atomic E-state index is 11.8. The molecule has 2 N–H and O–H groups in total. The fourth-order valence-electron chi connectivity index (χ4n) is 10.5. The minimum atomic E-state index is -0.572. The summed E-state index contributed by atoms with van der Waals surface area (Å²) in [4.78, 5) is 2.51. The van der Waals surface area contributed by atoms with Crippen molar-refractivity contribution in [1.29, 1.82) is 0 Å². The monoisotopic (exact) mass is 313 g/mol. The second kappa shape index (κ2) is 3.08. The molecule has 3 heterocycles. The van der Waals surface area contributed by atoms with Gasteiger partial charge in [-0.3, -0.25) is 4.90 Å². The summed E-state index contributed by atoms with van der Waals surface area (Å²) in [6.45, 7) is 7.86. The second-order valence-electron chi connectivity index (χ2n) is 10.7. The van der Waals surface area contributed by atoms with Crippen LogP contribution in [0.4, 0.5) is 0 Å². The third-order valence-electron chi connectivity index (χ3n) is 10.3. The Hall–Kier alpha value is -0.380. The predicted octanol–water partition coefficient (Wildman–Crippen LogP) is 2.14. The summed E-state index contributed by atoms with van der Waals surface area (Å²) in [6.07, 6.45) is 6.87. The van der Waals surface area contributed by atoms with Gasteiger partial charge < -0.3 is 10.2 Å². The van der Waals surface area contributed by atoms with E-state index in [0.717, 1.165) is 31.7 Å². The van der Waals surface area contributed by atoms with Crippen LogP contribution in [0.1, 0.15) is 45.4 Å². The molecule has 9 rings (SSSR count). The lowest BCUT2D eigenvalue weighted by Crippen LogP contribution is -2.66. The number of hydrogen-bond donors (Lipinski definition) is 2. The van der Waals surface area contributed by atoms with E-state index in [0.29, 0.717) is 34.6 Å². The van der Waals surface area contributed by atoms with Gasteiger partial charge in [-0.2, -0.15) is 0 Å². The van der Waals surface area contributed by atoms with E-state index in [9.17, 15) is 10.2 Å². The first-order valence-corrected chi connectivity index (χ1v) is 9.73. The Morgan fingerprint density at radius 2 is 2.13 bits per heavy atom. The van der Waals surface area contributed by atoms with Gasteiger partial charge in [0.1, 0.15) is 5.72 Å². The minimum absolute atomic E-state index is 0.167. The number of nitrogens with zero attached hydrogens (tertiary/aromatic N) is 1. The standard InChI is InChI=1S/C20H27NO2/c1-10-7-18-8-20(23)16-17(2)4-3-5-19(16)12(18)6-11(10)14(22)13(18)15(19)21(20)9-17/h11-16,22-23H,1,3-9H2,2H3/t11-,12+,13+,14?,15?,16+,17-,18?,19?,20-/m0/s1. The van der Waals surface area contributed by atoms with Crippen molar-refractivity contribution in [1.82, 2.24) is 4.90 Å². The molecule has 9 bridgehead atoms. The average molecular weight is 313 g/mol. The number of aliphatic hydroxyl groups excluding tert-OH is 1. The van der Waals surface area contributed by atoms with E-state index < -0.39 is 5.72 Å². The molecule has 3 saturated heterocycles. The summed E-state index contributed by atoms with van der Waals surface area (Å²) >= 11 is 0. The Kier molecular flexibility index (Phi) is 1.73. The number of rotatable bonds is 0. The van der Waals surface area contributed by atoms with Crippen molar-refractivity contribution in [3.05, 3.63) is 12.2 Å². The van der Waals surface area contributed by atoms with Crippen LogP contribution in [0.5, 0.6) is 0 Å². The zero-order chi connectivity index (χ0) is 15.6.